The average molecular weight is 169 g/mol. The molecular weight excluding hydrogens is 158 g/mol. The smallest absolute Gasteiger partial charge is 0.158 e. The van der Waals surface area contributed by atoms with Crippen LogP contribution >= 0.6 is 11.8 Å². The van der Waals surface area contributed by atoms with Crippen LogP contribution in [0.2, 0.25) is 0 Å². The molecular formula is C8H11NOS. The molecule has 1 rings (SSSR count). The standard InChI is InChI=1S/C8H11NOS/c1-2-3-7(10)8-6-9-4-5-11-8/h1,8-9H,3-6H2. The summed E-state index contributed by atoms with van der Waals surface area (Å²) >= 11 is 1.70. The second kappa shape index (κ2) is 4.42. The van der Waals surface area contributed by atoms with Crippen LogP contribution < -0.4 is 5.32 Å². The molecule has 1 atom stereocenters. The quantitative estimate of drug-likeness (QED) is 0.602. The van der Waals surface area contributed by atoms with Crippen molar-refractivity contribution in [2.24, 2.45) is 0 Å². The predicted molar refractivity (Wildman–Crippen MR) is 47.6 cm³/mol. The number of nitrogens with one attached hydrogen (secondary N) is 1. The molecule has 0 spiro atoms. The fourth-order valence-corrected chi connectivity index (χ4v) is 2.04. The molecule has 1 N–H and O–H groups in total. The van der Waals surface area contributed by atoms with E-state index in [2.05, 4.69) is 11.2 Å². The highest BCUT2D eigenvalue weighted by molar-refractivity contribution is 8.00. The van der Waals surface area contributed by atoms with E-state index in [0.29, 0.717) is 0 Å². The maximum atomic E-state index is 11.2. The second-order valence-corrected chi connectivity index (χ2v) is 3.72. The summed E-state index contributed by atoms with van der Waals surface area (Å²) in [5, 5.41) is 3.26. The Morgan fingerprint density at radius 2 is 2.64 bits per heavy atom. The van der Waals surface area contributed by atoms with E-state index < -0.39 is 0 Å². The summed E-state index contributed by atoms with van der Waals surface area (Å²) in [6.45, 7) is 1.79. The number of terminal acetylenes is 1. The second-order valence-electron chi connectivity index (χ2n) is 2.41. The van der Waals surface area contributed by atoms with Crippen LogP contribution in [0.5, 0.6) is 0 Å². The molecule has 0 aliphatic carbocycles. The summed E-state index contributed by atoms with van der Waals surface area (Å²) < 4.78 is 0. The Labute approximate surface area is 71.1 Å². The third-order valence-corrected chi connectivity index (χ3v) is 2.83. The largest absolute Gasteiger partial charge is 0.314 e. The molecule has 0 aromatic heterocycles. The normalized spacial score (nSPS) is 24.1. The Balaban J connectivity index is 2.34. The average Bonchev–Trinajstić information content (AvgIpc) is 2.07. The lowest BCUT2D eigenvalue weighted by atomic mass is 10.2. The summed E-state index contributed by atoms with van der Waals surface area (Å²) in [5.41, 5.74) is 0. The molecule has 0 amide bonds. The Morgan fingerprint density at radius 3 is 3.18 bits per heavy atom. The topological polar surface area (TPSA) is 29.1 Å². The van der Waals surface area contributed by atoms with Crippen molar-refractivity contribution in [3.05, 3.63) is 0 Å². The molecule has 60 valence electrons. The van der Waals surface area contributed by atoms with Gasteiger partial charge in [-0.15, -0.1) is 18.2 Å². The maximum Gasteiger partial charge on any atom is 0.158 e. The van der Waals surface area contributed by atoms with Crippen molar-refractivity contribution in [1.82, 2.24) is 5.32 Å². The molecule has 1 fully saturated rings. The van der Waals surface area contributed by atoms with Gasteiger partial charge in [-0.1, -0.05) is 5.92 Å². The van der Waals surface area contributed by atoms with Gasteiger partial charge < -0.3 is 5.32 Å². The Hall–Kier alpha value is -0.460. The molecule has 1 aliphatic rings. The summed E-state index contributed by atoms with van der Waals surface area (Å²) in [6, 6.07) is 0. The fourth-order valence-electron chi connectivity index (χ4n) is 0.987. The van der Waals surface area contributed by atoms with Gasteiger partial charge in [0.2, 0.25) is 0 Å². The van der Waals surface area contributed by atoms with Crippen molar-refractivity contribution in [3.63, 3.8) is 0 Å². The van der Waals surface area contributed by atoms with Crippen LogP contribution in [-0.4, -0.2) is 29.9 Å². The lowest BCUT2D eigenvalue weighted by Gasteiger charge is -2.20. The molecule has 2 nitrogen and oxygen atoms in total. The lowest BCUT2D eigenvalue weighted by molar-refractivity contribution is -0.117. The van der Waals surface area contributed by atoms with E-state index in [1.54, 1.807) is 11.8 Å². The highest BCUT2D eigenvalue weighted by Gasteiger charge is 2.19. The molecule has 1 aliphatic heterocycles. The minimum atomic E-state index is 0.0970. The van der Waals surface area contributed by atoms with E-state index in [0.717, 1.165) is 18.8 Å². The van der Waals surface area contributed by atoms with Gasteiger partial charge >= 0.3 is 0 Å². The number of hydrogen-bond donors (Lipinski definition) is 1. The molecule has 0 bridgehead atoms. The number of carbonyl (C=O) groups excluding carboxylic acids is 1. The number of Topliss-reactive ketones (excluding diaryl/α,β-unsaturated/α-hetero) is 1. The molecule has 1 heterocycles. The van der Waals surface area contributed by atoms with E-state index in [4.69, 9.17) is 6.42 Å². The predicted octanol–water partition coefficient (Wildman–Crippen LogP) is 0.284. The zero-order chi connectivity index (χ0) is 8.10. The van der Waals surface area contributed by atoms with Gasteiger partial charge in [-0.2, -0.15) is 0 Å². The van der Waals surface area contributed by atoms with E-state index in [-0.39, 0.29) is 17.5 Å². The third-order valence-electron chi connectivity index (χ3n) is 1.56. The van der Waals surface area contributed by atoms with Crippen LogP contribution in [0.25, 0.3) is 0 Å². The highest BCUT2D eigenvalue weighted by atomic mass is 32.2. The van der Waals surface area contributed by atoms with Gasteiger partial charge in [-0.25, -0.2) is 0 Å². The Kier molecular flexibility index (Phi) is 3.47. The molecule has 0 aromatic rings. The van der Waals surface area contributed by atoms with Gasteiger partial charge in [0.05, 0.1) is 11.7 Å². The molecule has 3 heteroatoms. The van der Waals surface area contributed by atoms with Crippen LogP contribution in [0.15, 0.2) is 0 Å². The van der Waals surface area contributed by atoms with Crippen molar-refractivity contribution in [1.29, 1.82) is 0 Å². The van der Waals surface area contributed by atoms with Gasteiger partial charge in [0, 0.05) is 18.8 Å². The molecule has 1 saturated heterocycles. The summed E-state index contributed by atoms with van der Waals surface area (Å²) in [5.74, 6) is 3.57. The van der Waals surface area contributed by atoms with Gasteiger partial charge in [0.1, 0.15) is 0 Å². The summed E-state index contributed by atoms with van der Waals surface area (Å²) in [7, 11) is 0. The minimum absolute atomic E-state index is 0.0970. The molecule has 1 unspecified atom stereocenters. The van der Waals surface area contributed by atoms with E-state index in [1.807, 2.05) is 0 Å². The highest BCUT2D eigenvalue weighted by Crippen LogP contribution is 2.14. The van der Waals surface area contributed by atoms with Gasteiger partial charge in [-0.3, -0.25) is 4.79 Å². The van der Waals surface area contributed by atoms with Gasteiger partial charge in [-0.05, 0) is 0 Å². The van der Waals surface area contributed by atoms with Crippen molar-refractivity contribution in [2.75, 3.05) is 18.8 Å². The minimum Gasteiger partial charge on any atom is -0.314 e. The number of hydrogen-bond acceptors (Lipinski definition) is 3. The zero-order valence-corrected chi connectivity index (χ0v) is 7.12. The maximum absolute atomic E-state index is 11.2. The number of thioether (sulfide) groups is 1. The first-order valence-electron chi connectivity index (χ1n) is 3.63. The van der Waals surface area contributed by atoms with Gasteiger partial charge in [0.15, 0.2) is 5.78 Å². The first-order valence-corrected chi connectivity index (χ1v) is 4.68. The summed E-state index contributed by atoms with van der Waals surface area (Å²) in [6.07, 6.45) is 5.31. The molecule has 0 radical (unpaired) electrons. The molecule has 0 aromatic carbocycles. The monoisotopic (exact) mass is 169 g/mol. The van der Waals surface area contributed by atoms with Crippen LogP contribution in [0.3, 0.4) is 0 Å². The SMILES string of the molecule is C#CCC(=O)C1CNCCS1. The van der Waals surface area contributed by atoms with E-state index in [1.165, 1.54) is 0 Å². The molecule has 0 saturated carbocycles. The van der Waals surface area contributed by atoms with Crippen molar-refractivity contribution in [3.8, 4) is 12.3 Å². The van der Waals surface area contributed by atoms with E-state index >= 15 is 0 Å². The molecule has 11 heavy (non-hydrogen) atoms. The Bertz CT molecular complexity index is 179. The van der Waals surface area contributed by atoms with Crippen molar-refractivity contribution in [2.45, 2.75) is 11.7 Å². The van der Waals surface area contributed by atoms with Crippen molar-refractivity contribution >= 4 is 17.5 Å². The lowest BCUT2D eigenvalue weighted by Crippen LogP contribution is -2.37. The van der Waals surface area contributed by atoms with Crippen LogP contribution in [0, 0.1) is 12.3 Å². The van der Waals surface area contributed by atoms with Crippen LogP contribution in [0.4, 0.5) is 0 Å². The van der Waals surface area contributed by atoms with Crippen LogP contribution in [-0.2, 0) is 4.79 Å². The summed E-state index contributed by atoms with van der Waals surface area (Å²) in [4.78, 5) is 11.2. The number of carbonyl (C=O) groups is 1. The fraction of sp³-hybridized carbons (Fsp3) is 0.625. The number of ketones is 1. The Morgan fingerprint density at radius 1 is 1.82 bits per heavy atom. The number of rotatable bonds is 2. The first kappa shape index (κ1) is 8.63. The van der Waals surface area contributed by atoms with E-state index in [9.17, 15) is 4.79 Å². The van der Waals surface area contributed by atoms with Crippen LogP contribution in [0.1, 0.15) is 6.42 Å². The zero-order valence-electron chi connectivity index (χ0n) is 6.30. The third kappa shape index (κ3) is 2.57. The van der Waals surface area contributed by atoms with Gasteiger partial charge in [0.25, 0.3) is 0 Å². The first-order chi connectivity index (χ1) is 5.34. The van der Waals surface area contributed by atoms with Crippen molar-refractivity contribution < 1.29 is 4.79 Å².